The molecule has 0 aromatic carbocycles. The zero-order valence-electron chi connectivity index (χ0n) is 15.1. The van der Waals surface area contributed by atoms with Crippen molar-refractivity contribution < 1.29 is 9.59 Å². The molecular weight excluding hydrogens is 318 g/mol. The van der Waals surface area contributed by atoms with Crippen LogP contribution < -0.4 is 0 Å². The number of carbonyl (C=O) groups excluding carboxylic acids is 2. The number of aryl methyl sites for hydroxylation is 2. The van der Waals surface area contributed by atoms with E-state index >= 15 is 0 Å². The Morgan fingerprint density at radius 3 is 2.56 bits per heavy atom. The van der Waals surface area contributed by atoms with Gasteiger partial charge in [-0.25, -0.2) is 0 Å². The number of nitrogens with zero attached hydrogens (tertiary/aromatic N) is 4. The number of aromatic amines is 1. The molecule has 1 N–H and O–H groups in total. The average molecular weight is 343 g/mol. The smallest absolute Gasteiger partial charge is 0.224 e. The Bertz CT molecular complexity index is 755. The number of hydrogen-bond acceptors (Lipinski definition) is 4. The van der Waals surface area contributed by atoms with E-state index in [1.165, 1.54) is 0 Å². The molecule has 1 fully saturated rings. The van der Waals surface area contributed by atoms with E-state index in [-0.39, 0.29) is 11.7 Å². The fourth-order valence-electron chi connectivity index (χ4n) is 3.72. The normalized spacial score (nSPS) is 15.6. The molecule has 0 atom stereocenters. The van der Waals surface area contributed by atoms with Crippen LogP contribution in [0.2, 0.25) is 0 Å². The maximum Gasteiger partial charge on any atom is 0.224 e. The van der Waals surface area contributed by atoms with Crippen LogP contribution in [0.15, 0.2) is 12.3 Å². The minimum absolute atomic E-state index is 0.0217. The summed E-state index contributed by atoms with van der Waals surface area (Å²) in [6.07, 6.45) is 4.11. The third-order valence-electron chi connectivity index (χ3n) is 5.08. The Balaban J connectivity index is 1.54. The van der Waals surface area contributed by atoms with Gasteiger partial charge in [-0.05, 0) is 39.7 Å². The van der Waals surface area contributed by atoms with Crippen molar-refractivity contribution in [2.45, 2.75) is 52.5 Å². The fourth-order valence-corrected chi connectivity index (χ4v) is 3.72. The van der Waals surface area contributed by atoms with Crippen LogP contribution in [0.5, 0.6) is 0 Å². The highest BCUT2D eigenvalue weighted by Gasteiger charge is 2.24. The van der Waals surface area contributed by atoms with Gasteiger partial charge in [-0.1, -0.05) is 0 Å². The molecule has 3 heterocycles. The Kier molecular flexibility index (Phi) is 5.01. The lowest BCUT2D eigenvalue weighted by Crippen LogP contribution is -2.38. The van der Waals surface area contributed by atoms with E-state index in [0.717, 1.165) is 43.0 Å². The number of nitrogens with one attached hydrogen (secondary N) is 1. The van der Waals surface area contributed by atoms with Crippen LogP contribution in [0.1, 0.15) is 59.5 Å². The largest absolute Gasteiger partial charge is 0.343 e. The Labute approximate surface area is 147 Å². The van der Waals surface area contributed by atoms with Crippen LogP contribution in [0, 0.1) is 13.8 Å². The molecule has 1 amide bonds. The molecule has 0 radical (unpaired) electrons. The minimum Gasteiger partial charge on any atom is -0.343 e. The number of ketones is 1. The lowest BCUT2D eigenvalue weighted by Gasteiger charge is -2.31. The molecule has 7 nitrogen and oxygen atoms in total. The first kappa shape index (κ1) is 17.4. The van der Waals surface area contributed by atoms with Crippen molar-refractivity contribution in [3.63, 3.8) is 0 Å². The van der Waals surface area contributed by atoms with Crippen LogP contribution in [-0.4, -0.2) is 49.7 Å². The highest BCUT2D eigenvalue weighted by Crippen LogP contribution is 2.26. The van der Waals surface area contributed by atoms with Gasteiger partial charge < -0.3 is 4.90 Å². The first-order valence-corrected chi connectivity index (χ1v) is 8.79. The molecule has 25 heavy (non-hydrogen) atoms. The highest BCUT2D eigenvalue weighted by atomic mass is 16.2. The third-order valence-corrected chi connectivity index (χ3v) is 5.08. The first-order chi connectivity index (χ1) is 12.0. The van der Waals surface area contributed by atoms with E-state index < -0.39 is 0 Å². The zero-order chi connectivity index (χ0) is 18.0. The van der Waals surface area contributed by atoms with Crippen molar-refractivity contribution in [3.05, 3.63) is 34.9 Å². The van der Waals surface area contributed by atoms with Gasteiger partial charge in [0.1, 0.15) is 0 Å². The number of H-pyrrole nitrogens is 1. The standard InChI is InChI=1S/C18H25N5O2/c1-12-18(14(3)24)13(2)23(21-12)11-7-17(25)22-9-5-15(6-10-22)16-4-8-19-20-16/h4,8,15H,5-7,9-11H2,1-3H3,(H,19,20). The molecule has 0 aliphatic carbocycles. The summed E-state index contributed by atoms with van der Waals surface area (Å²) in [5.41, 5.74) is 3.41. The van der Waals surface area contributed by atoms with Gasteiger partial charge in [-0.15, -0.1) is 0 Å². The van der Waals surface area contributed by atoms with E-state index in [0.29, 0.717) is 24.4 Å². The Morgan fingerprint density at radius 1 is 1.28 bits per heavy atom. The quantitative estimate of drug-likeness (QED) is 0.844. The third kappa shape index (κ3) is 3.65. The molecule has 0 bridgehead atoms. The molecule has 2 aromatic rings. The molecule has 2 aromatic heterocycles. The van der Waals surface area contributed by atoms with E-state index in [9.17, 15) is 9.59 Å². The summed E-state index contributed by atoms with van der Waals surface area (Å²) in [5, 5.41) is 11.4. The van der Waals surface area contributed by atoms with Crippen molar-refractivity contribution in [1.29, 1.82) is 0 Å². The van der Waals surface area contributed by atoms with Gasteiger partial charge in [0.15, 0.2) is 5.78 Å². The topological polar surface area (TPSA) is 83.9 Å². The van der Waals surface area contributed by atoms with Gasteiger partial charge in [0.2, 0.25) is 5.91 Å². The predicted octanol–water partition coefficient (Wildman–Crippen LogP) is 2.22. The number of piperidine rings is 1. The van der Waals surface area contributed by atoms with Gasteiger partial charge in [-0.2, -0.15) is 10.2 Å². The first-order valence-electron chi connectivity index (χ1n) is 8.79. The molecule has 1 aliphatic heterocycles. The number of amides is 1. The summed E-state index contributed by atoms with van der Waals surface area (Å²) < 4.78 is 1.78. The molecule has 1 saturated heterocycles. The van der Waals surface area contributed by atoms with Crippen molar-refractivity contribution in [1.82, 2.24) is 24.9 Å². The van der Waals surface area contributed by atoms with Crippen LogP contribution in [-0.2, 0) is 11.3 Å². The maximum atomic E-state index is 12.5. The van der Waals surface area contributed by atoms with Gasteiger partial charge in [0.05, 0.1) is 11.3 Å². The number of likely N-dealkylation sites (tertiary alicyclic amines) is 1. The molecule has 134 valence electrons. The van der Waals surface area contributed by atoms with Crippen LogP contribution in [0.25, 0.3) is 0 Å². The SMILES string of the molecule is CC(=O)c1c(C)nn(CCC(=O)N2CCC(c3ccn[nH]3)CC2)c1C. The van der Waals surface area contributed by atoms with Crippen LogP contribution in [0.3, 0.4) is 0 Å². The van der Waals surface area contributed by atoms with Gasteiger partial charge in [0.25, 0.3) is 0 Å². The van der Waals surface area contributed by atoms with Crippen LogP contribution in [0.4, 0.5) is 0 Å². The zero-order valence-corrected chi connectivity index (χ0v) is 15.1. The summed E-state index contributed by atoms with van der Waals surface area (Å²) >= 11 is 0. The number of Topliss-reactive ketones (excluding diaryl/α,β-unsaturated/α-hetero) is 1. The number of carbonyl (C=O) groups is 2. The number of aromatic nitrogens is 4. The maximum absolute atomic E-state index is 12.5. The summed E-state index contributed by atoms with van der Waals surface area (Å²) in [5.74, 6) is 0.633. The lowest BCUT2D eigenvalue weighted by atomic mass is 9.93. The van der Waals surface area contributed by atoms with Crippen molar-refractivity contribution >= 4 is 11.7 Å². The summed E-state index contributed by atoms with van der Waals surface area (Å²) in [6.45, 7) is 7.34. The van der Waals surface area contributed by atoms with Gasteiger partial charge in [0, 0.05) is 49.6 Å². The molecule has 0 saturated carbocycles. The van der Waals surface area contributed by atoms with Crippen molar-refractivity contribution in [3.8, 4) is 0 Å². The Hall–Kier alpha value is -2.44. The van der Waals surface area contributed by atoms with E-state index in [1.807, 2.05) is 24.8 Å². The van der Waals surface area contributed by atoms with E-state index in [1.54, 1.807) is 17.8 Å². The van der Waals surface area contributed by atoms with E-state index in [2.05, 4.69) is 15.3 Å². The average Bonchev–Trinajstić information content (AvgIpc) is 3.21. The minimum atomic E-state index is 0.0217. The van der Waals surface area contributed by atoms with Crippen LogP contribution >= 0.6 is 0 Å². The second-order valence-electron chi connectivity index (χ2n) is 6.74. The Morgan fingerprint density at radius 2 is 2.00 bits per heavy atom. The number of hydrogen-bond donors (Lipinski definition) is 1. The molecule has 0 unspecified atom stereocenters. The molecular formula is C18H25N5O2. The van der Waals surface area contributed by atoms with Gasteiger partial charge >= 0.3 is 0 Å². The molecule has 3 rings (SSSR count). The molecule has 1 aliphatic rings. The molecule has 7 heteroatoms. The second-order valence-corrected chi connectivity index (χ2v) is 6.74. The lowest BCUT2D eigenvalue weighted by molar-refractivity contribution is -0.132. The summed E-state index contributed by atoms with van der Waals surface area (Å²) in [4.78, 5) is 26.1. The predicted molar refractivity (Wildman–Crippen MR) is 93.5 cm³/mol. The fraction of sp³-hybridized carbons (Fsp3) is 0.556. The van der Waals surface area contributed by atoms with Crippen molar-refractivity contribution in [2.75, 3.05) is 13.1 Å². The summed E-state index contributed by atoms with van der Waals surface area (Å²) in [6, 6.07) is 2.01. The molecule has 0 spiro atoms. The van der Waals surface area contributed by atoms with Crippen molar-refractivity contribution in [2.24, 2.45) is 0 Å². The number of rotatable bonds is 5. The van der Waals surface area contributed by atoms with E-state index in [4.69, 9.17) is 0 Å². The van der Waals surface area contributed by atoms with Gasteiger partial charge in [-0.3, -0.25) is 19.4 Å². The second kappa shape index (κ2) is 7.21. The highest BCUT2D eigenvalue weighted by molar-refractivity contribution is 5.96. The monoisotopic (exact) mass is 343 g/mol. The summed E-state index contributed by atoms with van der Waals surface area (Å²) in [7, 11) is 0.